The first-order chi connectivity index (χ1) is 9.47. The van der Waals surface area contributed by atoms with Gasteiger partial charge in [-0.05, 0) is 37.6 Å². The van der Waals surface area contributed by atoms with Gasteiger partial charge in [0, 0.05) is 16.1 Å². The summed E-state index contributed by atoms with van der Waals surface area (Å²) in [5, 5.41) is 0. The van der Waals surface area contributed by atoms with Gasteiger partial charge in [0.15, 0.2) is 6.10 Å². The summed E-state index contributed by atoms with van der Waals surface area (Å²) in [6.45, 7) is 3.47. The maximum Gasteiger partial charge on any atom is 0.202 e. The summed E-state index contributed by atoms with van der Waals surface area (Å²) in [7, 11) is 0. The molecule has 0 radical (unpaired) electrons. The normalized spacial score (nSPS) is 12.0. The average molecular weight is 337 g/mol. The molecule has 4 heteroatoms. The third kappa shape index (κ3) is 3.45. The Morgan fingerprint density at radius 1 is 1.20 bits per heavy atom. The maximum absolute atomic E-state index is 13.2. The first kappa shape index (κ1) is 14.7. The van der Waals surface area contributed by atoms with Crippen molar-refractivity contribution in [3.8, 4) is 5.75 Å². The Kier molecular flexibility index (Phi) is 4.55. The molecule has 0 aliphatic rings. The zero-order valence-corrected chi connectivity index (χ0v) is 12.8. The number of carbonyl (C=O) groups is 1. The number of rotatable bonds is 4. The van der Waals surface area contributed by atoms with Gasteiger partial charge in [-0.2, -0.15) is 0 Å². The van der Waals surface area contributed by atoms with E-state index in [4.69, 9.17) is 4.74 Å². The summed E-state index contributed by atoms with van der Waals surface area (Å²) >= 11 is 3.32. The van der Waals surface area contributed by atoms with Gasteiger partial charge >= 0.3 is 0 Å². The minimum atomic E-state index is -0.670. The largest absolute Gasteiger partial charge is 0.482 e. The number of halogens is 2. The van der Waals surface area contributed by atoms with Gasteiger partial charge in [-0.25, -0.2) is 4.39 Å². The molecule has 0 aliphatic heterocycles. The Hall–Kier alpha value is -1.68. The van der Waals surface area contributed by atoms with Gasteiger partial charge in [-0.15, -0.1) is 0 Å². The van der Waals surface area contributed by atoms with E-state index in [0.29, 0.717) is 11.3 Å². The van der Waals surface area contributed by atoms with Crippen LogP contribution in [0.5, 0.6) is 5.75 Å². The van der Waals surface area contributed by atoms with E-state index in [0.717, 1.165) is 10.0 Å². The molecule has 0 saturated carbocycles. The predicted molar refractivity (Wildman–Crippen MR) is 79.7 cm³/mol. The fourth-order valence-electron chi connectivity index (χ4n) is 1.79. The second kappa shape index (κ2) is 6.18. The molecule has 2 aromatic rings. The Balaban J connectivity index is 2.15. The Morgan fingerprint density at radius 2 is 1.85 bits per heavy atom. The van der Waals surface area contributed by atoms with Crippen LogP contribution in [0.1, 0.15) is 22.8 Å². The van der Waals surface area contributed by atoms with Crippen molar-refractivity contribution in [3.63, 3.8) is 0 Å². The first-order valence-corrected chi connectivity index (χ1v) is 6.99. The second-order valence-electron chi connectivity index (χ2n) is 4.54. The summed E-state index contributed by atoms with van der Waals surface area (Å²) in [6, 6.07) is 11.3. The van der Waals surface area contributed by atoms with Gasteiger partial charge in [0.05, 0.1) is 0 Å². The number of ether oxygens (including phenoxy) is 1. The molecule has 1 atom stereocenters. The van der Waals surface area contributed by atoms with E-state index in [1.807, 2.05) is 6.92 Å². The van der Waals surface area contributed by atoms with Gasteiger partial charge in [0.25, 0.3) is 0 Å². The average Bonchev–Trinajstić information content (AvgIpc) is 2.43. The standard InChI is InChI=1S/C16H14BrFO2/c1-10-3-8-14(18)9-15(10)20-11(2)16(19)12-4-6-13(17)7-5-12/h3-9,11H,1-2H3. The fraction of sp³-hybridized carbons (Fsp3) is 0.188. The molecule has 2 aromatic carbocycles. The summed E-state index contributed by atoms with van der Waals surface area (Å²) in [5.74, 6) is -0.127. The molecule has 2 rings (SSSR count). The monoisotopic (exact) mass is 336 g/mol. The summed E-state index contributed by atoms with van der Waals surface area (Å²) in [6.07, 6.45) is -0.670. The van der Waals surface area contributed by atoms with Crippen molar-refractivity contribution in [2.24, 2.45) is 0 Å². The third-order valence-corrected chi connectivity index (χ3v) is 3.48. The number of carbonyl (C=O) groups excluding carboxylic acids is 1. The number of Topliss-reactive ketones (excluding diaryl/α,β-unsaturated/α-hetero) is 1. The highest BCUT2D eigenvalue weighted by Gasteiger charge is 2.17. The lowest BCUT2D eigenvalue weighted by molar-refractivity contribution is 0.0816. The summed E-state index contributed by atoms with van der Waals surface area (Å²) in [5.41, 5.74) is 1.36. The van der Waals surface area contributed by atoms with Crippen LogP contribution in [0.2, 0.25) is 0 Å². The SMILES string of the molecule is Cc1ccc(F)cc1OC(C)C(=O)c1ccc(Br)cc1. The van der Waals surface area contributed by atoms with E-state index in [2.05, 4.69) is 15.9 Å². The zero-order valence-electron chi connectivity index (χ0n) is 11.2. The quantitative estimate of drug-likeness (QED) is 0.766. The first-order valence-electron chi connectivity index (χ1n) is 6.20. The van der Waals surface area contributed by atoms with Crippen LogP contribution in [-0.2, 0) is 0 Å². The molecule has 0 aliphatic carbocycles. The van der Waals surface area contributed by atoms with Gasteiger partial charge < -0.3 is 4.74 Å². The zero-order chi connectivity index (χ0) is 14.7. The molecule has 0 fully saturated rings. The van der Waals surface area contributed by atoms with Crippen LogP contribution in [0.15, 0.2) is 46.9 Å². The Bertz CT molecular complexity index is 623. The Morgan fingerprint density at radius 3 is 2.50 bits per heavy atom. The van der Waals surface area contributed by atoms with Crippen molar-refractivity contribution in [1.29, 1.82) is 0 Å². The van der Waals surface area contributed by atoms with Crippen molar-refractivity contribution >= 4 is 21.7 Å². The van der Waals surface area contributed by atoms with Crippen LogP contribution in [0.3, 0.4) is 0 Å². The predicted octanol–water partition coefficient (Wildman–Crippen LogP) is 4.55. The molecule has 0 spiro atoms. The van der Waals surface area contributed by atoms with Crippen LogP contribution in [0, 0.1) is 12.7 Å². The fourth-order valence-corrected chi connectivity index (χ4v) is 2.06. The lowest BCUT2D eigenvalue weighted by Crippen LogP contribution is -2.24. The second-order valence-corrected chi connectivity index (χ2v) is 5.46. The highest BCUT2D eigenvalue weighted by molar-refractivity contribution is 9.10. The lowest BCUT2D eigenvalue weighted by Gasteiger charge is -2.15. The molecule has 0 N–H and O–H groups in total. The van der Waals surface area contributed by atoms with E-state index < -0.39 is 6.10 Å². The van der Waals surface area contributed by atoms with Crippen LogP contribution >= 0.6 is 15.9 Å². The van der Waals surface area contributed by atoms with Gasteiger partial charge in [-0.1, -0.05) is 34.1 Å². The number of aryl methyl sites for hydroxylation is 1. The molecule has 1 unspecified atom stereocenters. The van der Waals surface area contributed by atoms with Crippen molar-refractivity contribution in [3.05, 3.63) is 63.9 Å². The highest BCUT2D eigenvalue weighted by Crippen LogP contribution is 2.21. The van der Waals surface area contributed by atoms with Crippen LogP contribution in [0.4, 0.5) is 4.39 Å². The summed E-state index contributed by atoms with van der Waals surface area (Å²) in [4.78, 5) is 12.2. The number of ketones is 1. The van der Waals surface area contributed by atoms with Crippen molar-refractivity contribution in [2.45, 2.75) is 20.0 Å². The maximum atomic E-state index is 13.2. The molecule has 2 nitrogen and oxygen atoms in total. The molecular weight excluding hydrogens is 323 g/mol. The van der Waals surface area contributed by atoms with Crippen LogP contribution < -0.4 is 4.74 Å². The van der Waals surface area contributed by atoms with Crippen molar-refractivity contribution in [1.82, 2.24) is 0 Å². The highest BCUT2D eigenvalue weighted by atomic mass is 79.9. The lowest BCUT2D eigenvalue weighted by atomic mass is 10.1. The van der Waals surface area contributed by atoms with Gasteiger partial charge in [0.2, 0.25) is 5.78 Å². The molecular formula is C16H14BrFO2. The van der Waals surface area contributed by atoms with E-state index in [-0.39, 0.29) is 11.6 Å². The molecule has 0 heterocycles. The third-order valence-electron chi connectivity index (χ3n) is 2.95. The van der Waals surface area contributed by atoms with Crippen molar-refractivity contribution < 1.29 is 13.9 Å². The molecule has 0 bridgehead atoms. The smallest absolute Gasteiger partial charge is 0.202 e. The molecule has 0 amide bonds. The Labute approximate surface area is 125 Å². The van der Waals surface area contributed by atoms with Gasteiger partial charge in [0.1, 0.15) is 11.6 Å². The molecule has 104 valence electrons. The number of benzene rings is 2. The molecule has 0 saturated heterocycles. The van der Waals surface area contributed by atoms with E-state index >= 15 is 0 Å². The number of hydrogen-bond acceptors (Lipinski definition) is 2. The van der Waals surface area contributed by atoms with Crippen molar-refractivity contribution in [2.75, 3.05) is 0 Å². The van der Waals surface area contributed by atoms with E-state index in [1.165, 1.54) is 12.1 Å². The molecule has 20 heavy (non-hydrogen) atoms. The van der Waals surface area contributed by atoms with E-state index in [9.17, 15) is 9.18 Å². The summed E-state index contributed by atoms with van der Waals surface area (Å²) < 4.78 is 19.7. The van der Waals surface area contributed by atoms with Gasteiger partial charge in [-0.3, -0.25) is 4.79 Å². The topological polar surface area (TPSA) is 26.3 Å². The van der Waals surface area contributed by atoms with Crippen LogP contribution in [-0.4, -0.2) is 11.9 Å². The molecule has 0 aromatic heterocycles. The minimum absolute atomic E-state index is 0.138. The van der Waals surface area contributed by atoms with E-state index in [1.54, 1.807) is 37.3 Å². The van der Waals surface area contributed by atoms with Crippen LogP contribution in [0.25, 0.3) is 0 Å². The number of hydrogen-bond donors (Lipinski definition) is 0. The minimum Gasteiger partial charge on any atom is -0.482 e.